The van der Waals surface area contributed by atoms with Crippen molar-refractivity contribution in [1.29, 1.82) is 0 Å². The van der Waals surface area contributed by atoms with Crippen molar-refractivity contribution >= 4 is 9.84 Å². The van der Waals surface area contributed by atoms with Crippen LogP contribution in [0.4, 0.5) is 0 Å². The van der Waals surface area contributed by atoms with Crippen LogP contribution in [0.5, 0.6) is 0 Å². The van der Waals surface area contributed by atoms with E-state index in [0.717, 1.165) is 11.3 Å². The highest BCUT2D eigenvalue weighted by Crippen LogP contribution is 2.17. The molecule has 1 unspecified atom stereocenters. The van der Waals surface area contributed by atoms with Crippen LogP contribution in [0, 0.1) is 6.92 Å². The molecule has 0 radical (unpaired) electrons. The van der Waals surface area contributed by atoms with Crippen LogP contribution in [0.3, 0.4) is 0 Å². The largest absolute Gasteiger partial charge is 0.324 e. The van der Waals surface area contributed by atoms with Gasteiger partial charge in [-0.25, -0.2) is 8.42 Å². The summed E-state index contributed by atoms with van der Waals surface area (Å²) in [4.78, 5) is 0. The molecule has 5 nitrogen and oxygen atoms in total. The minimum Gasteiger partial charge on any atom is -0.324 e. The van der Waals surface area contributed by atoms with Gasteiger partial charge < -0.3 is 5.73 Å². The van der Waals surface area contributed by atoms with Gasteiger partial charge in [-0.05, 0) is 13.3 Å². The Labute approximate surface area is 90.2 Å². The third kappa shape index (κ3) is 3.32. The van der Waals surface area contributed by atoms with E-state index in [-0.39, 0.29) is 11.8 Å². The lowest BCUT2D eigenvalue weighted by molar-refractivity contribution is 0.591. The lowest BCUT2D eigenvalue weighted by atomic mass is 10.1. The maximum absolute atomic E-state index is 11.0. The summed E-state index contributed by atoms with van der Waals surface area (Å²) in [5.41, 5.74) is 7.80. The van der Waals surface area contributed by atoms with E-state index < -0.39 is 9.84 Å². The van der Waals surface area contributed by atoms with Crippen LogP contribution in [0.25, 0.3) is 0 Å². The maximum atomic E-state index is 11.0. The Morgan fingerprint density at radius 3 is 2.60 bits per heavy atom. The smallest absolute Gasteiger partial charge is 0.147 e. The van der Waals surface area contributed by atoms with E-state index in [9.17, 15) is 8.42 Å². The molecule has 0 saturated carbocycles. The van der Waals surface area contributed by atoms with Gasteiger partial charge >= 0.3 is 0 Å². The number of nitrogens with two attached hydrogens (primary N) is 1. The van der Waals surface area contributed by atoms with Crippen LogP contribution >= 0.6 is 0 Å². The van der Waals surface area contributed by atoms with Crippen molar-refractivity contribution in [2.75, 3.05) is 12.0 Å². The molecule has 0 spiro atoms. The molecule has 2 N–H and O–H groups in total. The number of rotatable bonds is 4. The minimum atomic E-state index is -2.94. The molecule has 0 aliphatic carbocycles. The predicted octanol–water partition coefficient (Wildman–Crippen LogP) is 0.163. The van der Waals surface area contributed by atoms with Gasteiger partial charge in [0.2, 0.25) is 0 Å². The summed E-state index contributed by atoms with van der Waals surface area (Å²) < 4.78 is 23.7. The summed E-state index contributed by atoms with van der Waals surface area (Å²) in [5, 5.41) is 4.07. The summed E-state index contributed by atoms with van der Waals surface area (Å²) in [7, 11) is -1.11. The zero-order valence-corrected chi connectivity index (χ0v) is 10.1. The number of hydrogen-bond donors (Lipinski definition) is 1. The lowest BCUT2D eigenvalue weighted by Gasteiger charge is -2.10. The van der Waals surface area contributed by atoms with Crippen LogP contribution in [0.2, 0.25) is 0 Å². The molecule has 0 aromatic carbocycles. The fourth-order valence-electron chi connectivity index (χ4n) is 1.38. The fourth-order valence-corrected chi connectivity index (χ4v) is 2.06. The van der Waals surface area contributed by atoms with Crippen molar-refractivity contribution in [3.63, 3.8) is 0 Å². The van der Waals surface area contributed by atoms with E-state index in [4.69, 9.17) is 5.73 Å². The standard InChI is InChI=1S/C9H17N3O2S/c1-7-8(6-11-12(7)2)9(10)4-5-15(3,13)14/h6,9H,4-5,10H2,1-3H3. The number of hydrogen-bond acceptors (Lipinski definition) is 4. The van der Waals surface area contributed by atoms with Gasteiger partial charge in [-0.1, -0.05) is 0 Å². The average molecular weight is 231 g/mol. The summed E-state index contributed by atoms with van der Waals surface area (Å²) in [5.74, 6) is 0.114. The van der Waals surface area contributed by atoms with Crippen LogP contribution in [0.1, 0.15) is 23.7 Å². The minimum absolute atomic E-state index is 0.114. The first-order valence-corrected chi connectivity index (χ1v) is 6.79. The van der Waals surface area contributed by atoms with Crippen molar-refractivity contribution in [3.05, 3.63) is 17.5 Å². The van der Waals surface area contributed by atoms with Crippen LogP contribution in [0.15, 0.2) is 6.20 Å². The molecule has 0 saturated heterocycles. The molecule has 0 aliphatic heterocycles. The van der Waals surface area contributed by atoms with Gasteiger partial charge in [0.15, 0.2) is 0 Å². The summed E-state index contributed by atoms with van der Waals surface area (Å²) in [6, 6.07) is -0.256. The van der Waals surface area contributed by atoms with Crippen LogP contribution in [-0.2, 0) is 16.9 Å². The summed E-state index contributed by atoms with van der Waals surface area (Å²) in [6.07, 6.45) is 3.35. The molecular formula is C9H17N3O2S. The molecule has 86 valence electrons. The third-order valence-electron chi connectivity index (χ3n) is 2.47. The number of aryl methyl sites for hydroxylation is 1. The first kappa shape index (κ1) is 12.2. The van der Waals surface area contributed by atoms with E-state index in [1.165, 1.54) is 6.26 Å². The molecular weight excluding hydrogens is 214 g/mol. The van der Waals surface area contributed by atoms with Gasteiger partial charge in [-0.15, -0.1) is 0 Å². The predicted molar refractivity (Wildman–Crippen MR) is 59.2 cm³/mol. The van der Waals surface area contributed by atoms with Crippen molar-refractivity contribution in [1.82, 2.24) is 9.78 Å². The van der Waals surface area contributed by atoms with Gasteiger partial charge in [0.1, 0.15) is 9.84 Å². The fraction of sp³-hybridized carbons (Fsp3) is 0.667. The zero-order valence-electron chi connectivity index (χ0n) is 9.27. The first-order chi connectivity index (χ1) is 6.81. The van der Waals surface area contributed by atoms with Gasteiger partial charge in [-0.3, -0.25) is 4.68 Å². The van der Waals surface area contributed by atoms with Gasteiger partial charge in [0, 0.05) is 30.6 Å². The van der Waals surface area contributed by atoms with E-state index in [1.54, 1.807) is 10.9 Å². The van der Waals surface area contributed by atoms with Crippen molar-refractivity contribution in [2.45, 2.75) is 19.4 Å². The van der Waals surface area contributed by atoms with Gasteiger partial charge in [0.25, 0.3) is 0 Å². The lowest BCUT2D eigenvalue weighted by Crippen LogP contribution is -2.16. The Morgan fingerprint density at radius 2 is 2.20 bits per heavy atom. The number of sulfone groups is 1. The third-order valence-corrected chi connectivity index (χ3v) is 3.45. The SMILES string of the molecule is Cc1c(C(N)CCS(C)(=O)=O)cnn1C. The molecule has 1 rings (SSSR count). The second-order valence-corrected chi connectivity index (χ2v) is 6.09. The van der Waals surface area contributed by atoms with Crippen molar-refractivity contribution in [2.24, 2.45) is 12.8 Å². The molecule has 1 aromatic rings. The molecule has 0 bridgehead atoms. The molecule has 0 amide bonds. The summed E-state index contributed by atoms with van der Waals surface area (Å²) in [6.45, 7) is 1.92. The molecule has 0 aliphatic rings. The van der Waals surface area contributed by atoms with Crippen LogP contribution < -0.4 is 5.73 Å². The first-order valence-electron chi connectivity index (χ1n) is 4.73. The highest BCUT2D eigenvalue weighted by Gasteiger charge is 2.14. The summed E-state index contributed by atoms with van der Waals surface area (Å²) >= 11 is 0. The van der Waals surface area contributed by atoms with Crippen molar-refractivity contribution < 1.29 is 8.42 Å². The number of aromatic nitrogens is 2. The van der Waals surface area contributed by atoms with Crippen molar-refractivity contribution in [3.8, 4) is 0 Å². The zero-order chi connectivity index (χ0) is 11.6. The molecule has 0 fully saturated rings. The molecule has 1 atom stereocenters. The number of nitrogens with zero attached hydrogens (tertiary/aromatic N) is 2. The van der Waals surface area contributed by atoms with Gasteiger partial charge in [-0.2, -0.15) is 5.10 Å². The Hall–Kier alpha value is -0.880. The monoisotopic (exact) mass is 231 g/mol. The van der Waals surface area contributed by atoms with E-state index in [1.807, 2.05) is 14.0 Å². The Balaban J connectivity index is 2.70. The van der Waals surface area contributed by atoms with E-state index >= 15 is 0 Å². The van der Waals surface area contributed by atoms with E-state index in [0.29, 0.717) is 6.42 Å². The average Bonchev–Trinajstić information content (AvgIpc) is 2.43. The normalized spacial score (nSPS) is 14.1. The highest BCUT2D eigenvalue weighted by molar-refractivity contribution is 7.90. The van der Waals surface area contributed by atoms with E-state index in [2.05, 4.69) is 5.10 Å². The Bertz CT molecular complexity index is 436. The quantitative estimate of drug-likeness (QED) is 0.801. The Morgan fingerprint density at radius 1 is 1.60 bits per heavy atom. The Kier molecular flexibility index (Phi) is 3.51. The molecule has 15 heavy (non-hydrogen) atoms. The van der Waals surface area contributed by atoms with Gasteiger partial charge in [0.05, 0.1) is 11.9 Å². The second kappa shape index (κ2) is 4.32. The second-order valence-electron chi connectivity index (χ2n) is 3.83. The topological polar surface area (TPSA) is 78.0 Å². The highest BCUT2D eigenvalue weighted by atomic mass is 32.2. The maximum Gasteiger partial charge on any atom is 0.147 e. The molecule has 1 heterocycles. The van der Waals surface area contributed by atoms with Crippen LogP contribution in [-0.4, -0.2) is 30.2 Å². The molecule has 1 aromatic heterocycles. The molecule has 6 heteroatoms.